The van der Waals surface area contributed by atoms with Gasteiger partial charge in [0.05, 0.1) is 0 Å². The maximum Gasteiger partial charge on any atom is 0.334 e. The van der Waals surface area contributed by atoms with Crippen LogP contribution in [0.1, 0.15) is 45.1 Å². The zero-order valence-electron chi connectivity index (χ0n) is 15.7. The lowest BCUT2D eigenvalue weighted by molar-refractivity contribution is -0.145. The highest BCUT2D eigenvalue weighted by Crippen LogP contribution is 2.31. The van der Waals surface area contributed by atoms with Crippen LogP contribution in [0.5, 0.6) is 0 Å². The Labute approximate surface area is 158 Å². The van der Waals surface area contributed by atoms with E-state index in [0.717, 1.165) is 41.0 Å². The van der Waals surface area contributed by atoms with Gasteiger partial charge in [-0.1, -0.05) is 38.8 Å². The Morgan fingerprint density at radius 1 is 1.07 bits per heavy atom. The smallest absolute Gasteiger partial charge is 0.325 e. The highest BCUT2D eigenvalue weighted by atomic mass is 16.2. The molecule has 1 N–H and O–H groups in total. The second-order valence-corrected chi connectivity index (χ2v) is 7.28. The first-order valence-electron chi connectivity index (χ1n) is 9.50. The minimum absolute atomic E-state index is 0.158. The number of amides is 5. The Morgan fingerprint density at radius 3 is 2.37 bits per heavy atom. The summed E-state index contributed by atoms with van der Waals surface area (Å²) < 4.78 is 0. The molecule has 1 aromatic carbocycles. The van der Waals surface area contributed by atoms with Crippen LogP contribution < -0.4 is 5.32 Å². The van der Waals surface area contributed by atoms with Gasteiger partial charge < -0.3 is 5.32 Å². The lowest BCUT2D eigenvalue weighted by atomic mass is 9.85. The summed E-state index contributed by atoms with van der Waals surface area (Å²) in [5.41, 5.74) is 1.72. The third-order valence-corrected chi connectivity index (χ3v) is 5.43. The first-order valence-corrected chi connectivity index (χ1v) is 9.50. The number of nitrogens with zero attached hydrogens (tertiary/aromatic N) is 2. The Bertz CT molecular complexity index is 759. The van der Waals surface area contributed by atoms with Gasteiger partial charge in [0.15, 0.2) is 0 Å². The molecule has 1 aliphatic carbocycles. The number of anilines is 1. The molecule has 0 bridgehead atoms. The van der Waals surface area contributed by atoms with Gasteiger partial charge in [0.2, 0.25) is 5.91 Å². The normalized spacial score (nSPS) is 23.1. The third kappa shape index (κ3) is 3.86. The average molecular weight is 371 g/mol. The van der Waals surface area contributed by atoms with E-state index in [4.69, 9.17) is 0 Å². The van der Waals surface area contributed by atoms with Gasteiger partial charge in [-0.2, -0.15) is 0 Å². The zero-order valence-corrected chi connectivity index (χ0v) is 15.7. The fourth-order valence-electron chi connectivity index (χ4n) is 3.80. The summed E-state index contributed by atoms with van der Waals surface area (Å²) in [5, 5.41) is 2.66. The summed E-state index contributed by atoms with van der Waals surface area (Å²) in [6.07, 6.45) is 4.50. The Hall–Kier alpha value is -2.70. The summed E-state index contributed by atoms with van der Waals surface area (Å²) in [7, 11) is 0. The molecule has 1 aromatic rings. The van der Waals surface area contributed by atoms with Gasteiger partial charge in [-0.3, -0.25) is 19.3 Å². The highest BCUT2D eigenvalue weighted by molar-refractivity contribution is 6.45. The van der Waals surface area contributed by atoms with E-state index in [2.05, 4.69) is 5.32 Å². The van der Waals surface area contributed by atoms with Crippen molar-refractivity contribution in [3.8, 4) is 0 Å². The van der Waals surface area contributed by atoms with Gasteiger partial charge in [-0.15, -0.1) is 0 Å². The second-order valence-electron chi connectivity index (χ2n) is 7.28. The quantitative estimate of drug-likeness (QED) is 0.637. The van der Waals surface area contributed by atoms with Gasteiger partial charge in [-0.05, 0) is 42.9 Å². The molecule has 3 rings (SSSR count). The largest absolute Gasteiger partial charge is 0.334 e. The van der Waals surface area contributed by atoms with E-state index >= 15 is 0 Å². The first kappa shape index (κ1) is 19.1. The van der Waals surface area contributed by atoms with Crippen LogP contribution in [0.4, 0.5) is 10.5 Å². The van der Waals surface area contributed by atoms with Crippen molar-refractivity contribution in [2.45, 2.75) is 52.0 Å². The summed E-state index contributed by atoms with van der Waals surface area (Å²) in [4.78, 5) is 51.4. The van der Waals surface area contributed by atoms with E-state index in [1.807, 2.05) is 26.0 Å². The van der Waals surface area contributed by atoms with Crippen molar-refractivity contribution >= 4 is 29.4 Å². The lowest BCUT2D eigenvalue weighted by Gasteiger charge is -2.34. The number of imide groups is 2. The SMILES string of the molecule is CCc1ccc(NC(=O)CN2C(=O)C(=O)N([C@H]3CCCC[C@H]3C)C2=O)cc1. The molecule has 2 fully saturated rings. The van der Waals surface area contributed by atoms with E-state index < -0.39 is 30.3 Å². The van der Waals surface area contributed by atoms with Crippen LogP contribution in [0.2, 0.25) is 0 Å². The van der Waals surface area contributed by atoms with Crippen molar-refractivity contribution in [2.24, 2.45) is 5.92 Å². The van der Waals surface area contributed by atoms with Crippen molar-refractivity contribution in [3.05, 3.63) is 29.8 Å². The van der Waals surface area contributed by atoms with Crippen LogP contribution in [0.25, 0.3) is 0 Å². The van der Waals surface area contributed by atoms with Crippen molar-refractivity contribution in [1.29, 1.82) is 0 Å². The second kappa shape index (κ2) is 7.90. The van der Waals surface area contributed by atoms with Gasteiger partial charge in [0.25, 0.3) is 0 Å². The van der Waals surface area contributed by atoms with Crippen LogP contribution in [-0.4, -0.2) is 46.1 Å². The fraction of sp³-hybridized carbons (Fsp3) is 0.500. The molecule has 0 unspecified atom stereocenters. The van der Waals surface area contributed by atoms with Crippen LogP contribution >= 0.6 is 0 Å². The molecule has 7 heteroatoms. The molecule has 0 spiro atoms. The standard InChI is InChI=1S/C20H25N3O4/c1-3-14-8-10-15(11-9-14)21-17(24)12-22-18(25)19(26)23(20(22)27)16-7-5-4-6-13(16)2/h8-11,13,16H,3-7,12H2,1-2H3,(H,21,24)/t13-,16+/m1/s1. The summed E-state index contributed by atoms with van der Waals surface area (Å²) >= 11 is 0. The highest BCUT2D eigenvalue weighted by Gasteiger charge is 2.49. The van der Waals surface area contributed by atoms with Crippen LogP contribution in [0.15, 0.2) is 24.3 Å². The average Bonchev–Trinajstić information content (AvgIpc) is 2.86. The zero-order chi connectivity index (χ0) is 19.6. The Morgan fingerprint density at radius 2 is 1.74 bits per heavy atom. The number of hydrogen-bond donors (Lipinski definition) is 1. The van der Waals surface area contributed by atoms with Crippen molar-refractivity contribution < 1.29 is 19.2 Å². The topological polar surface area (TPSA) is 86.8 Å². The molecule has 2 aliphatic rings. The molecule has 2 atom stereocenters. The number of benzene rings is 1. The van der Waals surface area contributed by atoms with E-state index in [1.165, 1.54) is 0 Å². The minimum Gasteiger partial charge on any atom is -0.325 e. The monoisotopic (exact) mass is 371 g/mol. The minimum atomic E-state index is -0.922. The molecule has 1 heterocycles. The molecule has 0 radical (unpaired) electrons. The Kier molecular flexibility index (Phi) is 5.58. The van der Waals surface area contributed by atoms with Crippen molar-refractivity contribution in [1.82, 2.24) is 9.80 Å². The number of carbonyl (C=O) groups excluding carboxylic acids is 4. The summed E-state index contributed by atoms with van der Waals surface area (Å²) in [6.45, 7) is 3.56. The molecule has 1 saturated carbocycles. The predicted molar refractivity (Wildman–Crippen MR) is 99.8 cm³/mol. The van der Waals surface area contributed by atoms with Gasteiger partial charge in [0.1, 0.15) is 6.54 Å². The number of aryl methyl sites for hydroxylation is 1. The number of rotatable bonds is 5. The first-order chi connectivity index (χ1) is 12.9. The van der Waals surface area contributed by atoms with E-state index in [1.54, 1.807) is 12.1 Å². The Balaban J connectivity index is 1.67. The third-order valence-electron chi connectivity index (χ3n) is 5.43. The van der Waals surface area contributed by atoms with Crippen molar-refractivity contribution in [3.63, 3.8) is 0 Å². The fourth-order valence-corrected chi connectivity index (χ4v) is 3.80. The molecule has 27 heavy (non-hydrogen) atoms. The number of carbonyl (C=O) groups is 4. The van der Waals surface area contributed by atoms with Crippen molar-refractivity contribution in [2.75, 3.05) is 11.9 Å². The van der Waals surface area contributed by atoms with Crippen LogP contribution in [0, 0.1) is 5.92 Å². The maximum atomic E-state index is 12.7. The molecule has 1 aliphatic heterocycles. The van der Waals surface area contributed by atoms with Gasteiger partial charge >= 0.3 is 17.8 Å². The molecule has 1 saturated heterocycles. The van der Waals surface area contributed by atoms with E-state index in [-0.39, 0.29) is 12.0 Å². The molecule has 7 nitrogen and oxygen atoms in total. The van der Waals surface area contributed by atoms with Crippen LogP contribution in [0.3, 0.4) is 0 Å². The molecule has 144 valence electrons. The summed E-state index contributed by atoms with van der Waals surface area (Å²) in [5.74, 6) is -2.09. The van der Waals surface area contributed by atoms with Crippen LogP contribution in [-0.2, 0) is 20.8 Å². The number of hydrogen-bond acceptors (Lipinski definition) is 4. The summed E-state index contributed by atoms with van der Waals surface area (Å²) in [6, 6.07) is 6.39. The van der Waals surface area contributed by atoms with Gasteiger partial charge in [0, 0.05) is 11.7 Å². The van der Waals surface area contributed by atoms with Gasteiger partial charge in [-0.25, -0.2) is 9.69 Å². The molecular formula is C20H25N3O4. The predicted octanol–water partition coefficient (Wildman–Crippen LogP) is 2.56. The molecule has 5 amide bonds. The molecule has 0 aromatic heterocycles. The number of urea groups is 1. The lowest BCUT2D eigenvalue weighted by Crippen LogP contribution is -2.46. The maximum absolute atomic E-state index is 12.7. The van der Waals surface area contributed by atoms with E-state index in [9.17, 15) is 19.2 Å². The van der Waals surface area contributed by atoms with E-state index in [0.29, 0.717) is 12.1 Å². The number of nitrogens with one attached hydrogen (secondary N) is 1. The molecular weight excluding hydrogens is 346 g/mol.